The minimum absolute atomic E-state index is 0.667. The molecule has 0 aliphatic carbocycles. The first-order valence-corrected chi connectivity index (χ1v) is 3.61. The van der Waals surface area contributed by atoms with Crippen molar-refractivity contribution in [2.75, 3.05) is 6.54 Å². The summed E-state index contributed by atoms with van der Waals surface area (Å²) in [6.07, 6.45) is 2.65. The summed E-state index contributed by atoms with van der Waals surface area (Å²) in [5.41, 5.74) is 0. The van der Waals surface area contributed by atoms with Gasteiger partial charge in [0.15, 0.2) is 0 Å². The Labute approximate surface area is 51.8 Å². The van der Waals surface area contributed by atoms with E-state index in [-0.39, 0.29) is 0 Å². The average Bonchev–Trinajstić information content (AvgIpc) is 2.14. The van der Waals surface area contributed by atoms with Crippen LogP contribution in [0.25, 0.3) is 0 Å². The molecule has 7 heavy (non-hydrogen) atoms. The van der Waals surface area contributed by atoms with Crippen molar-refractivity contribution in [2.45, 2.75) is 18.9 Å². The maximum absolute atomic E-state index is 3.32. The molecular weight excluding hydrogens is 153 g/mol. The van der Waals surface area contributed by atoms with Crippen LogP contribution in [0, 0.1) is 0 Å². The van der Waals surface area contributed by atoms with Gasteiger partial charge in [0.1, 0.15) is 0 Å². The Kier molecular flexibility index (Phi) is 2.04. The molecule has 0 amide bonds. The van der Waals surface area contributed by atoms with E-state index in [9.17, 15) is 0 Å². The molecule has 1 fully saturated rings. The van der Waals surface area contributed by atoms with Crippen LogP contribution in [0.4, 0.5) is 0 Å². The molecule has 1 saturated heterocycles. The Morgan fingerprint density at radius 2 is 2.57 bits per heavy atom. The molecule has 0 aromatic carbocycles. The van der Waals surface area contributed by atoms with E-state index in [4.69, 9.17) is 0 Å². The van der Waals surface area contributed by atoms with Crippen LogP contribution in [-0.2, 0) is 0 Å². The van der Waals surface area contributed by atoms with Gasteiger partial charge in [-0.3, -0.25) is 0 Å². The van der Waals surface area contributed by atoms with E-state index in [1.165, 1.54) is 19.4 Å². The van der Waals surface area contributed by atoms with E-state index in [1.807, 2.05) is 0 Å². The van der Waals surface area contributed by atoms with Crippen LogP contribution in [0.3, 0.4) is 0 Å². The molecular formula is C5H9NSe. The predicted molar refractivity (Wildman–Crippen MR) is 32.8 cm³/mol. The van der Waals surface area contributed by atoms with Gasteiger partial charge >= 0.3 is 51.2 Å². The van der Waals surface area contributed by atoms with Crippen LogP contribution in [0.15, 0.2) is 0 Å². The van der Waals surface area contributed by atoms with E-state index in [1.54, 1.807) is 0 Å². The summed E-state index contributed by atoms with van der Waals surface area (Å²) in [7, 11) is 0. The second-order valence-electron chi connectivity index (χ2n) is 1.84. The van der Waals surface area contributed by atoms with Crippen molar-refractivity contribution in [3.05, 3.63) is 0 Å². The van der Waals surface area contributed by atoms with Crippen LogP contribution in [0.2, 0.25) is 0 Å². The molecule has 1 unspecified atom stereocenters. The summed E-state index contributed by atoms with van der Waals surface area (Å²) in [6, 6.07) is 0.667. The number of hydrogen-bond acceptors (Lipinski definition) is 1. The predicted octanol–water partition coefficient (Wildman–Crippen LogP) is -0.291. The van der Waals surface area contributed by atoms with Gasteiger partial charge in [-0.1, -0.05) is 0 Å². The number of rotatable bonds is 1. The monoisotopic (exact) mass is 163 g/mol. The fraction of sp³-hybridized carbons (Fsp3) is 0.800. The normalized spacial score (nSPS) is 30.6. The van der Waals surface area contributed by atoms with Crippen molar-refractivity contribution in [1.29, 1.82) is 0 Å². The molecule has 1 aliphatic rings. The van der Waals surface area contributed by atoms with Gasteiger partial charge in [0, 0.05) is 0 Å². The van der Waals surface area contributed by atoms with Crippen molar-refractivity contribution < 1.29 is 0 Å². The van der Waals surface area contributed by atoms with E-state index in [0.717, 1.165) is 0 Å². The molecule has 1 atom stereocenters. The Hall–Kier alpha value is 0.349. The van der Waals surface area contributed by atoms with Crippen LogP contribution in [0.5, 0.6) is 0 Å². The van der Waals surface area contributed by atoms with Gasteiger partial charge in [0.2, 0.25) is 0 Å². The van der Waals surface area contributed by atoms with Gasteiger partial charge < -0.3 is 0 Å². The molecule has 0 aromatic rings. The zero-order valence-electron chi connectivity index (χ0n) is 4.18. The molecule has 0 spiro atoms. The summed E-state index contributed by atoms with van der Waals surface area (Å²) in [5.74, 6) is 0. The molecule has 1 N–H and O–H groups in total. The molecule has 1 aliphatic heterocycles. The summed E-state index contributed by atoms with van der Waals surface area (Å²) in [4.78, 5) is 2.10. The summed E-state index contributed by atoms with van der Waals surface area (Å²) >= 11 is 2.90. The number of nitrogens with one attached hydrogen (secondary N) is 1. The van der Waals surface area contributed by atoms with Crippen molar-refractivity contribution in [1.82, 2.24) is 5.32 Å². The first-order valence-electron chi connectivity index (χ1n) is 2.62. The summed E-state index contributed by atoms with van der Waals surface area (Å²) in [5, 5.41) is 3.32. The molecule has 0 aromatic heterocycles. The van der Waals surface area contributed by atoms with Crippen molar-refractivity contribution in [2.24, 2.45) is 0 Å². The third-order valence-electron chi connectivity index (χ3n) is 1.26. The molecule has 1 nitrogen and oxygen atoms in total. The van der Waals surface area contributed by atoms with Crippen LogP contribution in [0.1, 0.15) is 12.8 Å². The standard InChI is InChI=1S/C5H9NSe/c7-4-5-2-1-3-6-5/h4-6H,1-3H2. The van der Waals surface area contributed by atoms with E-state index in [0.29, 0.717) is 6.04 Å². The molecule has 0 bridgehead atoms. The van der Waals surface area contributed by atoms with Crippen molar-refractivity contribution in [3.63, 3.8) is 0 Å². The molecule has 0 radical (unpaired) electrons. The van der Waals surface area contributed by atoms with E-state index in [2.05, 4.69) is 25.8 Å². The summed E-state index contributed by atoms with van der Waals surface area (Å²) < 4.78 is 0. The first-order chi connectivity index (χ1) is 3.43. The van der Waals surface area contributed by atoms with Gasteiger partial charge in [0.25, 0.3) is 0 Å². The topological polar surface area (TPSA) is 12.0 Å². The van der Waals surface area contributed by atoms with Gasteiger partial charge in [-0.25, -0.2) is 0 Å². The summed E-state index contributed by atoms with van der Waals surface area (Å²) in [6.45, 7) is 1.20. The molecule has 0 saturated carbocycles. The Bertz CT molecular complexity index is 66.5. The Balaban J connectivity index is 2.26. The second kappa shape index (κ2) is 2.61. The van der Waals surface area contributed by atoms with Gasteiger partial charge in [-0.05, 0) is 0 Å². The Morgan fingerprint density at radius 3 is 2.86 bits per heavy atom. The molecule has 1 heterocycles. The van der Waals surface area contributed by atoms with Crippen LogP contribution < -0.4 is 5.32 Å². The third-order valence-corrected chi connectivity index (χ3v) is 1.95. The maximum atomic E-state index is 3.32. The molecule has 40 valence electrons. The third kappa shape index (κ3) is 1.37. The minimum atomic E-state index is 0.667. The zero-order chi connectivity index (χ0) is 5.11. The van der Waals surface area contributed by atoms with E-state index >= 15 is 0 Å². The van der Waals surface area contributed by atoms with E-state index < -0.39 is 0 Å². The molecule has 1 rings (SSSR count). The first kappa shape index (κ1) is 5.49. The second-order valence-corrected chi connectivity index (χ2v) is 2.41. The average molecular weight is 162 g/mol. The van der Waals surface area contributed by atoms with Gasteiger partial charge in [0.05, 0.1) is 0 Å². The van der Waals surface area contributed by atoms with Crippen molar-refractivity contribution in [3.8, 4) is 0 Å². The molecule has 2 heteroatoms. The fourth-order valence-corrected chi connectivity index (χ4v) is 1.32. The number of hydrogen-bond donors (Lipinski definition) is 1. The van der Waals surface area contributed by atoms with Crippen LogP contribution >= 0.6 is 0 Å². The van der Waals surface area contributed by atoms with Gasteiger partial charge in [-0.15, -0.1) is 0 Å². The Morgan fingerprint density at radius 1 is 1.71 bits per heavy atom. The quantitative estimate of drug-likeness (QED) is 0.522. The van der Waals surface area contributed by atoms with Gasteiger partial charge in [-0.2, -0.15) is 0 Å². The van der Waals surface area contributed by atoms with Crippen molar-refractivity contribution >= 4 is 20.5 Å². The SMILES string of the molecule is [Se]=CC1CCCN1. The fourth-order valence-electron chi connectivity index (χ4n) is 0.828. The van der Waals surface area contributed by atoms with Crippen LogP contribution in [-0.4, -0.2) is 33.1 Å². The zero-order valence-corrected chi connectivity index (χ0v) is 5.90.